The van der Waals surface area contributed by atoms with Gasteiger partial charge in [-0.1, -0.05) is 43.9 Å². The summed E-state index contributed by atoms with van der Waals surface area (Å²) in [4.78, 5) is 0.269. The van der Waals surface area contributed by atoms with Crippen molar-refractivity contribution in [1.29, 1.82) is 0 Å². The van der Waals surface area contributed by atoms with E-state index in [1.807, 2.05) is 12.1 Å². The molecule has 0 bridgehead atoms. The molecule has 2 N–H and O–H groups in total. The number of nitrogens with one attached hydrogen (secondary N) is 2. The Morgan fingerprint density at radius 1 is 0.750 bits per heavy atom. The molecule has 1 fully saturated rings. The first kappa shape index (κ1) is 16.8. The van der Waals surface area contributed by atoms with Crippen molar-refractivity contribution >= 4 is 21.4 Å². The first-order valence-corrected chi connectivity index (χ1v) is 10.1. The van der Waals surface area contributed by atoms with E-state index in [4.69, 9.17) is 0 Å². The lowest BCUT2D eigenvalue weighted by molar-refractivity contribution is 0.601. The quantitative estimate of drug-likeness (QED) is 0.778. The molecule has 0 unspecified atom stereocenters. The molecule has 1 saturated carbocycles. The lowest BCUT2D eigenvalue weighted by Crippen LogP contribution is -2.18. The van der Waals surface area contributed by atoms with Crippen molar-refractivity contribution in [3.8, 4) is 0 Å². The minimum Gasteiger partial charge on any atom is -0.382 e. The summed E-state index contributed by atoms with van der Waals surface area (Å²) in [5.74, 6) is 0. The van der Waals surface area contributed by atoms with Crippen molar-refractivity contribution in [3.63, 3.8) is 0 Å². The predicted molar refractivity (Wildman–Crippen MR) is 98.8 cm³/mol. The van der Waals surface area contributed by atoms with Crippen LogP contribution in [0.4, 0.5) is 11.4 Å². The molecule has 0 spiro atoms. The summed E-state index contributed by atoms with van der Waals surface area (Å²) < 4.78 is 27.2. The smallest absolute Gasteiger partial charge is 0.261 e. The molecule has 1 aliphatic carbocycles. The maximum Gasteiger partial charge on any atom is 0.261 e. The van der Waals surface area contributed by atoms with Crippen molar-refractivity contribution in [2.75, 3.05) is 10.0 Å². The lowest BCUT2D eigenvalue weighted by atomic mass is 10.1. The number of hydrogen-bond acceptors (Lipinski definition) is 3. The fourth-order valence-corrected chi connectivity index (χ4v) is 4.19. The summed E-state index contributed by atoms with van der Waals surface area (Å²) in [6, 6.07) is 16.4. The van der Waals surface area contributed by atoms with Gasteiger partial charge in [0, 0.05) is 17.4 Å². The maximum absolute atomic E-state index is 12.3. The molecule has 1 aliphatic rings. The molecule has 0 radical (unpaired) electrons. The van der Waals surface area contributed by atoms with Crippen LogP contribution in [0.3, 0.4) is 0 Å². The van der Waals surface area contributed by atoms with Crippen LogP contribution in [0.25, 0.3) is 0 Å². The molecule has 0 aromatic heterocycles. The Kier molecular flexibility index (Phi) is 5.41. The molecular formula is C19H24N2O2S. The summed E-state index contributed by atoms with van der Waals surface area (Å²) in [5, 5.41) is 3.57. The van der Waals surface area contributed by atoms with E-state index >= 15 is 0 Å². The van der Waals surface area contributed by atoms with E-state index in [9.17, 15) is 8.42 Å². The molecule has 2 aromatic rings. The predicted octanol–water partition coefficient (Wildman–Crippen LogP) is 4.62. The standard InChI is InChI=1S/C19H24N2O2S/c22-24(23,19-10-6-3-7-11-19)21-18-14-12-17(13-15-18)20-16-8-4-1-2-5-9-16/h3,6-7,10-16,20-21H,1-2,4-5,8-9H2. The van der Waals surface area contributed by atoms with Crippen LogP contribution in [0.15, 0.2) is 59.5 Å². The number of sulfonamides is 1. The highest BCUT2D eigenvalue weighted by atomic mass is 32.2. The number of hydrogen-bond donors (Lipinski definition) is 2. The van der Waals surface area contributed by atoms with E-state index in [1.165, 1.54) is 38.5 Å². The molecule has 2 aromatic carbocycles. The Bertz CT molecular complexity index is 735. The minimum atomic E-state index is -3.53. The number of rotatable bonds is 5. The average Bonchev–Trinajstić information content (AvgIpc) is 2.86. The van der Waals surface area contributed by atoms with E-state index in [1.54, 1.807) is 42.5 Å². The van der Waals surface area contributed by atoms with Gasteiger partial charge in [0.25, 0.3) is 10.0 Å². The molecule has 0 heterocycles. The fraction of sp³-hybridized carbons (Fsp3) is 0.368. The Balaban J connectivity index is 1.64. The topological polar surface area (TPSA) is 58.2 Å². The summed E-state index contributed by atoms with van der Waals surface area (Å²) >= 11 is 0. The summed E-state index contributed by atoms with van der Waals surface area (Å²) in [7, 11) is -3.53. The van der Waals surface area contributed by atoms with Gasteiger partial charge in [0.05, 0.1) is 4.90 Å². The third-order valence-electron chi connectivity index (χ3n) is 4.42. The van der Waals surface area contributed by atoms with Gasteiger partial charge in [-0.15, -0.1) is 0 Å². The van der Waals surface area contributed by atoms with Crippen molar-refractivity contribution in [3.05, 3.63) is 54.6 Å². The first-order chi connectivity index (χ1) is 11.6. The fourth-order valence-electron chi connectivity index (χ4n) is 3.11. The normalized spacial score (nSPS) is 16.3. The van der Waals surface area contributed by atoms with Crippen LogP contribution in [0, 0.1) is 0 Å². The highest BCUT2D eigenvalue weighted by molar-refractivity contribution is 7.92. The molecule has 0 aliphatic heterocycles. The Hall–Kier alpha value is -2.01. The summed E-state index contributed by atoms with van der Waals surface area (Å²) in [6.45, 7) is 0. The highest BCUT2D eigenvalue weighted by Crippen LogP contribution is 2.23. The zero-order valence-corrected chi connectivity index (χ0v) is 14.6. The van der Waals surface area contributed by atoms with Crippen LogP contribution in [0.2, 0.25) is 0 Å². The van der Waals surface area contributed by atoms with Gasteiger partial charge in [0.15, 0.2) is 0 Å². The second-order valence-electron chi connectivity index (χ2n) is 6.33. The number of benzene rings is 2. The van der Waals surface area contributed by atoms with E-state index in [-0.39, 0.29) is 4.90 Å². The van der Waals surface area contributed by atoms with Gasteiger partial charge in [0.1, 0.15) is 0 Å². The van der Waals surface area contributed by atoms with E-state index in [2.05, 4.69) is 10.0 Å². The largest absolute Gasteiger partial charge is 0.382 e. The zero-order chi connectivity index (χ0) is 16.8. The van der Waals surface area contributed by atoms with E-state index in [0.717, 1.165) is 5.69 Å². The molecule has 5 heteroatoms. The zero-order valence-electron chi connectivity index (χ0n) is 13.7. The summed E-state index contributed by atoms with van der Waals surface area (Å²) in [5.41, 5.74) is 1.62. The number of anilines is 2. The Labute approximate surface area is 144 Å². The van der Waals surface area contributed by atoms with Crippen LogP contribution in [-0.4, -0.2) is 14.5 Å². The van der Waals surface area contributed by atoms with E-state index < -0.39 is 10.0 Å². The monoisotopic (exact) mass is 344 g/mol. The van der Waals surface area contributed by atoms with Gasteiger partial charge in [-0.05, 0) is 49.2 Å². The molecular weight excluding hydrogens is 320 g/mol. The second kappa shape index (κ2) is 7.71. The molecule has 0 amide bonds. The average molecular weight is 344 g/mol. The lowest BCUT2D eigenvalue weighted by Gasteiger charge is -2.18. The van der Waals surface area contributed by atoms with Crippen molar-refractivity contribution < 1.29 is 8.42 Å². The highest BCUT2D eigenvalue weighted by Gasteiger charge is 2.14. The van der Waals surface area contributed by atoms with Gasteiger partial charge in [-0.2, -0.15) is 0 Å². The third kappa shape index (κ3) is 4.51. The Morgan fingerprint density at radius 2 is 1.33 bits per heavy atom. The first-order valence-electron chi connectivity index (χ1n) is 8.58. The van der Waals surface area contributed by atoms with Gasteiger partial charge in [0.2, 0.25) is 0 Å². The van der Waals surface area contributed by atoms with Crippen molar-refractivity contribution in [1.82, 2.24) is 0 Å². The molecule has 24 heavy (non-hydrogen) atoms. The van der Waals surface area contributed by atoms with Gasteiger partial charge >= 0.3 is 0 Å². The van der Waals surface area contributed by atoms with Crippen LogP contribution in [0.5, 0.6) is 0 Å². The molecule has 128 valence electrons. The van der Waals surface area contributed by atoms with Gasteiger partial charge in [-0.3, -0.25) is 4.72 Å². The molecule has 4 nitrogen and oxygen atoms in total. The second-order valence-corrected chi connectivity index (χ2v) is 8.01. The van der Waals surface area contributed by atoms with E-state index in [0.29, 0.717) is 11.7 Å². The summed E-state index contributed by atoms with van der Waals surface area (Å²) in [6.07, 6.45) is 7.65. The molecule has 0 atom stereocenters. The van der Waals surface area contributed by atoms with Crippen LogP contribution >= 0.6 is 0 Å². The minimum absolute atomic E-state index is 0.269. The SMILES string of the molecule is O=S(=O)(Nc1ccc(NC2CCCCCC2)cc1)c1ccccc1. The van der Waals surface area contributed by atoms with Gasteiger partial charge in [-0.25, -0.2) is 8.42 Å². The Morgan fingerprint density at radius 3 is 1.96 bits per heavy atom. The van der Waals surface area contributed by atoms with Crippen molar-refractivity contribution in [2.45, 2.75) is 49.5 Å². The van der Waals surface area contributed by atoms with Gasteiger partial charge < -0.3 is 5.32 Å². The maximum atomic E-state index is 12.3. The van der Waals surface area contributed by atoms with Crippen LogP contribution < -0.4 is 10.0 Å². The van der Waals surface area contributed by atoms with Crippen LogP contribution in [0.1, 0.15) is 38.5 Å². The third-order valence-corrected chi connectivity index (χ3v) is 5.81. The van der Waals surface area contributed by atoms with Crippen LogP contribution in [-0.2, 0) is 10.0 Å². The molecule has 3 rings (SSSR count). The van der Waals surface area contributed by atoms with Crippen molar-refractivity contribution in [2.24, 2.45) is 0 Å². The molecule has 0 saturated heterocycles.